The number of hydrogen-bond acceptors (Lipinski definition) is 3. The first-order valence-electron chi connectivity index (χ1n) is 6.00. The molecule has 1 atom stereocenters. The molecule has 1 fully saturated rings. The van der Waals surface area contributed by atoms with Gasteiger partial charge in [0.25, 0.3) is 0 Å². The normalized spacial score (nSPS) is 24.2. The van der Waals surface area contributed by atoms with Crippen molar-refractivity contribution in [2.75, 3.05) is 6.61 Å². The molecule has 0 unspecified atom stereocenters. The minimum absolute atomic E-state index is 0.196. The van der Waals surface area contributed by atoms with E-state index in [4.69, 9.17) is 5.26 Å². The zero-order valence-corrected chi connectivity index (χ0v) is 10.9. The van der Waals surface area contributed by atoms with Crippen molar-refractivity contribution in [3.63, 3.8) is 0 Å². The smallest absolute Gasteiger partial charge is 0.455 e. The second kappa shape index (κ2) is 5.64. The van der Waals surface area contributed by atoms with Crippen LogP contribution in [-0.2, 0) is 9.53 Å². The number of hydrogen-bond donors (Lipinski definition) is 0. The molecule has 1 aliphatic rings. The molecule has 0 saturated heterocycles. The number of carbonyl (C=O) groups excluding carboxylic acids is 1. The molecule has 0 heterocycles. The average molecular weight is 275 g/mol. The van der Waals surface area contributed by atoms with Gasteiger partial charge in [-0.3, -0.25) is 0 Å². The molecule has 106 valence electrons. The first-order chi connectivity index (χ1) is 8.69. The quantitative estimate of drug-likeness (QED) is 0.586. The lowest BCUT2D eigenvalue weighted by molar-refractivity contribution is -0.198. The molecule has 0 aromatic carbocycles. The maximum atomic E-state index is 11.9. The average Bonchev–Trinajstić information content (AvgIpc) is 2.55. The van der Waals surface area contributed by atoms with E-state index in [1.165, 1.54) is 6.08 Å². The van der Waals surface area contributed by atoms with E-state index in [1.54, 1.807) is 0 Å². The minimum atomic E-state index is -4.95. The SMILES string of the molecule is CC1(C)/C(=C/COC(=O)C(F)(F)F)CC[C@@H]1CC#N. The second-order valence-electron chi connectivity index (χ2n) is 5.15. The molecule has 0 aromatic heterocycles. The van der Waals surface area contributed by atoms with Crippen molar-refractivity contribution in [3.8, 4) is 6.07 Å². The Hall–Kier alpha value is -1.51. The van der Waals surface area contributed by atoms with E-state index in [-0.39, 0.29) is 17.9 Å². The first kappa shape index (κ1) is 15.5. The van der Waals surface area contributed by atoms with E-state index in [1.807, 2.05) is 13.8 Å². The van der Waals surface area contributed by atoms with Gasteiger partial charge in [-0.05, 0) is 30.3 Å². The van der Waals surface area contributed by atoms with Gasteiger partial charge in [0.2, 0.25) is 0 Å². The van der Waals surface area contributed by atoms with E-state index >= 15 is 0 Å². The van der Waals surface area contributed by atoms with Crippen molar-refractivity contribution in [3.05, 3.63) is 11.6 Å². The highest BCUT2D eigenvalue weighted by atomic mass is 19.4. The van der Waals surface area contributed by atoms with Gasteiger partial charge in [-0.2, -0.15) is 18.4 Å². The molecular formula is C13H16F3NO2. The Balaban J connectivity index is 2.60. The van der Waals surface area contributed by atoms with E-state index in [2.05, 4.69) is 10.8 Å². The van der Waals surface area contributed by atoms with Gasteiger partial charge < -0.3 is 4.74 Å². The summed E-state index contributed by atoms with van der Waals surface area (Å²) >= 11 is 0. The fraction of sp³-hybridized carbons (Fsp3) is 0.692. The number of esters is 1. The number of alkyl halides is 3. The zero-order chi connectivity index (χ0) is 14.7. The predicted octanol–water partition coefficient (Wildman–Crippen LogP) is 3.37. The summed E-state index contributed by atoms with van der Waals surface area (Å²) in [6.45, 7) is 3.54. The van der Waals surface area contributed by atoms with Crippen LogP contribution in [0.25, 0.3) is 0 Å². The standard InChI is InChI=1S/C13H16F3NO2/c1-12(2)9(5-7-17)3-4-10(12)6-8-19-11(18)13(14,15)16/h6,9H,3-5,8H2,1-2H3/b10-6+/t9-/m1/s1. The van der Waals surface area contributed by atoms with E-state index in [9.17, 15) is 18.0 Å². The fourth-order valence-electron chi connectivity index (χ4n) is 2.41. The third-order valence-electron chi connectivity index (χ3n) is 3.72. The van der Waals surface area contributed by atoms with Crippen LogP contribution in [0.2, 0.25) is 0 Å². The van der Waals surface area contributed by atoms with Crippen molar-refractivity contribution in [1.82, 2.24) is 0 Å². The topological polar surface area (TPSA) is 50.1 Å². The van der Waals surface area contributed by atoms with Crippen molar-refractivity contribution < 1.29 is 22.7 Å². The van der Waals surface area contributed by atoms with Crippen LogP contribution in [0.5, 0.6) is 0 Å². The van der Waals surface area contributed by atoms with Gasteiger partial charge in [0.05, 0.1) is 6.07 Å². The molecule has 19 heavy (non-hydrogen) atoms. The lowest BCUT2D eigenvalue weighted by Gasteiger charge is -2.27. The van der Waals surface area contributed by atoms with Gasteiger partial charge in [-0.1, -0.05) is 19.4 Å². The van der Waals surface area contributed by atoms with Crippen LogP contribution in [-0.4, -0.2) is 18.8 Å². The summed E-state index contributed by atoms with van der Waals surface area (Å²) in [5.41, 5.74) is 0.711. The van der Waals surface area contributed by atoms with Crippen LogP contribution in [0.15, 0.2) is 11.6 Å². The van der Waals surface area contributed by atoms with Gasteiger partial charge in [0, 0.05) is 6.42 Å². The van der Waals surface area contributed by atoms with Crippen LogP contribution >= 0.6 is 0 Å². The van der Waals surface area contributed by atoms with Gasteiger partial charge in [-0.15, -0.1) is 0 Å². The second-order valence-corrected chi connectivity index (χ2v) is 5.15. The van der Waals surface area contributed by atoms with Crippen LogP contribution in [0, 0.1) is 22.7 Å². The van der Waals surface area contributed by atoms with Crippen molar-refractivity contribution in [1.29, 1.82) is 5.26 Å². The molecule has 1 aliphatic carbocycles. The summed E-state index contributed by atoms with van der Waals surface area (Å²) in [6.07, 6.45) is -1.44. The van der Waals surface area contributed by atoms with E-state index < -0.39 is 12.1 Å². The Labute approximate surface area is 110 Å². The Morgan fingerprint density at radius 3 is 2.74 bits per heavy atom. The number of ether oxygens (including phenoxy) is 1. The summed E-state index contributed by atoms with van der Waals surface area (Å²) < 4.78 is 40.0. The number of carbonyl (C=O) groups is 1. The Bertz CT molecular complexity index is 419. The number of nitrogens with zero attached hydrogens (tertiary/aromatic N) is 1. The zero-order valence-electron chi connectivity index (χ0n) is 10.9. The minimum Gasteiger partial charge on any atom is -0.455 e. The molecule has 0 aliphatic heterocycles. The highest BCUT2D eigenvalue weighted by Gasteiger charge is 2.41. The summed E-state index contributed by atoms with van der Waals surface area (Å²) in [4.78, 5) is 10.5. The van der Waals surface area contributed by atoms with E-state index in [0.29, 0.717) is 6.42 Å². The first-order valence-corrected chi connectivity index (χ1v) is 6.00. The van der Waals surface area contributed by atoms with Crippen LogP contribution in [0.1, 0.15) is 33.1 Å². The van der Waals surface area contributed by atoms with Gasteiger partial charge in [0.15, 0.2) is 0 Å². The molecule has 1 rings (SSSR count). The maximum absolute atomic E-state index is 11.9. The number of nitriles is 1. The molecule has 0 radical (unpaired) electrons. The third-order valence-corrected chi connectivity index (χ3v) is 3.72. The summed E-state index contributed by atoms with van der Waals surface area (Å²) in [7, 11) is 0. The summed E-state index contributed by atoms with van der Waals surface area (Å²) in [6, 6.07) is 2.12. The molecule has 0 bridgehead atoms. The van der Waals surface area contributed by atoms with Gasteiger partial charge in [-0.25, -0.2) is 4.79 Å². The number of allylic oxidation sites excluding steroid dienone is 1. The molecule has 0 N–H and O–H groups in total. The molecule has 0 aromatic rings. The van der Waals surface area contributed by atoms with Crippen molar-refractivity contribution in [2.24, 2.45) is 11.3 Å². The predicted molar refractivity (Wildman–Crippen MR) is 61.8 cm³/mol. The lowest BCUT2D eigenvalue weighted by Crippen LogP contribution is -2.25. The molecule has 0 amide bonds. The van der Waals surface area contributed by atoms with Crippen LogP contribution in [0.4, 0.5) is 13.2 Å². The molecule has 6 heteroatoms. The van der Waals surface area contributed by atoms with Gasteiger partial charge >= 0.3 is 12.1 Å². The molecule has 1 saturated carbocycles. The summed E-state index contributed by atoms with van der Waals surface area (Å²) in [5, 5.41) is 8.72. The number of rotatable bonds is 3. The van der Waals surface area contributed by atoms with Crippen LogP contribution < -0.4 is 0 Å². The highest BCUT2D eigenvalue weighted by Crippen LogP contribution is 2.48. The largest absolute Gasteiger partial charge is 0.490 e. The monoisotopic (exact) mass is 275 g/mol. The van der Waals surface area contributed by atoms with E-state index in [0.717, 1.165) is 18.4 Å². The highest BCUT2D eigenvalue weighted by molar-refractivity contribution is 5.75. The number of halogens is 3. The molecule has 3 nitrogen and oxygen atoms in total. The summed E-state index contributed by atoms with van der Waals surface area (Å²) in [5.74, 6) is -1.98. The van der Waals surface area contributed by atoms with Gasteiger partial charge in [0.1, 0.15) is 6.61 Å². The Kier molecular flexibility index (Phi) is 4.61. The Morgan fingerprint density at radius 2 is 2.21 bits per heavy atom. The molecular weight excluding hydrogens is 259 g/mol. The third kappa shape index (κ3) is 3.72. The maximum Gasteiger partial charge on any atom is 0.490 e. The lowest BCUT2D eigenvalue weighted by atomic mass is 9.77. The van der Waals surface area contributed by atoms with Crippen molar-refractivity contribution >= 4 is 5.97 Å². The van der Waals surface area contributed by atoms with Crippen molar-refractivity contribution in [2.45, 2.75) is 39.3 Å². The molecule has 0 spiro atoms. The van der Waals surface area contributed by atoms with Crippen LogP contribution in [0.3, 0.4) is 0 Å². The fourth-order valence-corrected chi connectivity index (χ4v) is 2.41. The Morgan fingerprint density at radius 1 is 1.58 bits per heavy atom.